The Hall–Kier alpha value is -0.600. The maximum absolute atomic E-state index is 12.6. The van der Waals surface area contributed by atoms with Gasteiger partial charge in [-0.15, -0.1) is 0 Å². The molecule has 0 aliphatic carbocycles. The molecule has 3 heteroatoms. The second-order valence-corrected chi connectivity index (χ2v) is 3.25. The number of halogens is 2. The summed E-state index contributed by atoms with van der Waals surface area (Å²) in [5.41, 5.74) is 0.990. The molecule has 1 aromatic carbocycles. The highest BCUT2D eigenvalue weighted by atomic mass is 35.5. The number of likely N-dealkylation sites (N-methyl/N-ethyl adjacent to an activating group) is 1. The lowest BCUT2D eigenvalue weighted by atomic mass is 10.1. The Morgan fingerprint density at radius 2 is 2.23 bits per heavy atom. The van der Waals surface area contributed by atoms with Crippen molar-refractivity contribution in [3.8, 4) is 0 Å². The molecule has 1 nitrogen and oxygen atoms in total. The highest BCUT2D eigenvalue weighted by Crippen LogP contribution is 2.17. The summed E-state index contributed by atoms with van der Waals surface area (Å²) in [4.78, 5) is 0. The van der Waals surface area contributed by atoms with E-state index in [1.165, 1.54) is 12.1 Å². The quantitative estimate of drug-likeness (QED) is 0.739. The lowest BCUT2D eigenvalue weighted by Crippen LogP contribution is -2.16. The summed E-state index contributed by atoms with van der Waals surface area (Å²) in [6.07, 6.45) is 0.840. The van der Waals surface area contributed by atoms with Gasteiger partial charge in [-0.25, -0.2) is 4.39 Å². The zero-order chi connectivity index (χ0) is 9.68. The lowest BCUT2D eigenvalue weighted by molar-refractivity contribution is 0.626. The summed E-state index contributed by atoms with van der Waals surface area (Å²) >= 11 is 5.84. The van der Waals surface area contributed by atoms with Crippen LogP contribution in [-0.4, -0.2) is 13.1 Å². The van der Waals surface area contributed by atoms with Crippen LogP contribution in [0.5, 0.6) is 0 Å². The molecule has 0 fully saturated rings. The number of hydrogen-bond donors (Lipinski definition) is 1. The van der Waals surface area contributed by atoms with E-state index in [1.54, 1.807) is 6.07 Å². The van der Waals surface area contributed by atoms with E-state index in [-0.39, 0.29) is 5.82 Å². The van der Waals surface area contributed by atoms with Crippen molar-refractivity contribution in [2.45, 2.75) is 13.3 Å². The smallest absolute Gasteiger partial charge is 0.124 e. The van der Waals surface area contributed by atoms with Crippen LogP contribution in [0.1, 0.15) is 12.5 Å². The van der Waals surface area contributed by atoms with Gasteiger partial charge >= 0.3 is 0 Å². The van der Waals surface area contributed by atoms with Gasteiger partial charge in [-0.1, -0.05) is 24.6 Å². The topological polar surface area (TPSA) is 12.0 Å². The van der Waals surface area contributed by atoms with Crippen LogP contribution in [0.25, 0.3) is 0 Å². The van der Waals surface area contributed by atoms with Crippen LogP contribution in [0.3, 0.4) is 0 Å². The van der Waals surface area contributed by atoms with Crippen LogP contribution in [0.2, 0.25) is 5.02 Å². The minimum Gasteiger partial charge on any atom is -0.317 e. The molecular weight excluding hydrogens is 189 g/mol. The Bertz CT molecular complexity index is 276. The third-order valence-electron chi connectivity index (χ3n) is 1.84. The molecule has 1 N–H and O–H groups in total. The number of hydrogen-bond acceptors (Lipinski definition) is 1. The monoisotopic (exact) mass is 201 g/mol. The Morgan fingerprint density at radius 1 is 1.46 bits per heavy atom. The highest BCUT2D eigenvalue weighted by molar-refractivity contribution is 6.31. The van der Waals surface area contributed by atoms with Crippen molar-refractivity contribution in [1.82, 2.24) is 5.32 Å². The summed E-state index contributed by atoms with van der Waals surface area (Å²) < 4.78 is 12.6. The molecule has 0 atom stereocenters. The third-order valence-corrected chi connectivity index (χ3v) is 2.19. The average Bonchev–Trinajstić information content (AvgIpc) is 2.09. The van der Waals surface area contributed by atoms with E-state index in [9.17, 15) is 4.39 Å². The Labute approximate surface area is 82.9 Å². The van der Waals surface area contributed by atoms with Crippen molar-refractivity contribution in [2.75, 3.05) is 13.1 Å². The summed E-state index contributed by atoms with van der Waals surface area (Å²) in [6.45, 7) is 3.87. The van der Waals surface area contributed by atoms with Gasteiger partial charge in [-0.05, 0) is 37.2 Å². The molecule has 0 aliphatic heterocycles. The lowest BCUT2D eigenvalue weighted by Gasteiger charge is -2.04. The standard InChI is InChI=1S/C10H13ClFN/c1-2-13-6-5-8-3-4-9(12)7-10(8)11/h3-4,7,13H,2,5-6H2,1H3. The van der Waals surface area contributed by atoms with E-state index in [1.807, 2.05) is 6.92 Å². The molecule has 1 rings (SSSR count). The van der Waals surface area contributed by atoms with Gasteiger partial charge in [0.25, 0.3) is 0 Å². The molecule has 0 radical (unpaired) electrons. The van der Waals surface area contributed by atoms with Crippen LogP contribution < -0.4 is 5.32 Å². The van der Waals surface area contributed by atoms with Crippen LogP contribution in [0, 0.1) is 5.82 Å². The second-order valence-electron chi connectivity index (χ2n) is 2.84. The minimum absolute atomic E-state index is 0.280. The van der Waals surface area contributed by atoms with Crippen molar-refractivity contribution >= 4 is 11.6 Å². The number of benzene rings is 1. The van der Waals surface area contributed by atoms with Crippen molar-refractivity contribution in [2.24, 2.45) is 0 Å². The first-order valence-corrected chi connectivity index (χ1v) is 4.76. The molecular formula is C10H13ClFN. The van der Waals surface area contributed by atoms with Gasteiger partial charge in [0.2, 0.25) is 0 Å². The van der Waals surface area contributed by atoms with Gasteiger partial charge in [0.1, 0.15) is 5.82 Å². The van der Waals surface area contributed by atoms with E-state index in [0.717, 1.165) is 25.1 Å². The number of rotatable bonds is 4. The van der Waals surface area contributed by atoms with Crippen molar-refractivity contribution in [3.63, 3.8) is 0 Å². The summed E-state index contributed by atoms with van der Waals surface area (Å²) in [7, 11) is 0. The van der Waals surface area contributed by atoms with Gasteiger partial charge in [0, 0.05) is 5.02 Å². The second kappa shape index (κ2) is 5.20. The predicted octanol–water partition coefficient (Wildman–Crippen LogP) is 2.63. The highest BCUT2D eigenvalue weighted by Gasteiger charge is 2.00. The van der Waals surface area contributed by atoms with Gasteiger partial charge in [0.05, 0.1) is 0 Å². The van der Waals surface area contributed by atoms with Crippen molar-refractivity contribution in [3.05, 3.63) is 34.6 Å². The zero-order valence-corrected chi connectivity index (χ0v) is 8.37. The largest absolute Gasteiger partial charge is 0.317 e. The molecule has 0 amide bonds. The Kier molecular flexibility index (Phi) is 4.19. The molecule has 0 aliphatic rings. The minimum atomic E-state index is -0.280. The molecule has 0 aromatic heterocycles. The fraction of sp³-hybridized carbons (Fsp3) is 0.400. The molecule has 13 heavy (non-hydrogen) atoms. The number of nitrogens with one attached hydrogen (secondary N) is 1. The molecule has 0 saturated carbocycles. The fourth-order valence-corrected chi connectivity index (χ4v) is 1.39. The summed E-state index contributed by atoms with van der Waals surface area (Å²) in [5, 5.41) is 3.70. The third kappa shape index (κ3) is 3.33. The Morgan fingerprint density at radius 3 is 2.85 bits per heavy atom. The summed E-state index contributed by atoms with van der Waals surface area (Å²) in [6, 6.07) is 4.52. The first-order valence-electron chi connectivity index (χ1n) is 4.38. The van der Waals surface area contributed by atoms with E-state index in [2.05, 4.69) is 5.32 Å². The maximum atomic E-state index is 12.6. The van der Waals surface area contributed by atoms with Gasteiger partial charge in [-0.2, -0.15) is 0 Å². The van der Waals surface area contributed by atoms with Crippen molar-refractivity contribution < 1.29 is 4.39 Å². The van der Waals surface area contributed by atoms with E-state index in [4.69, 9.17) is 11.6 Å². The molecule has 0 unspecified atom stereocenters. The first kappa shape index (κ1) is 10.5. The molecule has 0 bridgehead atoms. The van der Waals surface area contributed by atoms with Gasteiger partial charge in [-0.3, -0.25) is 0 Å². The average molecular weight is 202 g/mol. The van der Waals surface area contributed by atoms with Crippen LogP contribution in [-0.2, 0) is 6.42 Å². The predicted molar refractivity (Wildman–Crippen MR) is 53.7 cm³/mol. The molecule has 0 saturated heterocycles. The molecule has 72 valence electrons. The summed E-state index contributed by atoms with van der Waals surface area (Å²) in [5.74, 6) is -0.280. The maximum Gasteiger partial charge on any atom is 0.124 e. The van der Waals surface area contributed by atoms with Crippen molar-refractivity contribution in [1.29, 1.82) is 0 Å². The Balaban J connectivity index is 2.56. The molecule has 1 aromatic rings. The fourth-order valence-electron chi connectivity index (χ4n) is 1.12. The van der Waals surface area contributed by atoms with Gasteiger partial charge < -0.3 is 5.32 Å². The zero-order valence-electron chi connectivity index (χ0n) is 7.61. The SMILES string of the molecule is CCNCCc1ccc(F)cc1Cl. The molecule has 0 spiro atoms. The molecule has 0 heterocycles. The van der Waals surface area contributed by atoms with E-state index >= 15 is 0 Å². The van der Waals surface area contributed by atoms with Crippen LogP contribution >= 0.6 is 11.6 Å². The van der Waals surface area contributed by atoms with Crippen LogP contribution in [0.15, 0.2) is 18.2 Å². The van der Waals surface area contributed by atoms with Gasteiger partial charge in [0.15, 0.2) is 0 Å². The normalized spacial score (nSPS) is 10.4. The van der Waals surface area contributed by atoms with E-state index < -0.39 is 0 Å². The van der Waals surface area contributed by atoms with Crippen LogP contribution in [0.4, 0.5) is 4.39 Å². The first-order chi connectivity index (χ1) is 6.24. The van der Waals surface area contributed by atoms with E-state index in [0.29, 0.717) is 5.02 Å².